The maximum absolute atomic E-state index is 11.3. The van der Waals surface area contributed by atoms with Gasteiger partial charge in [0.1, 0.15) is 6.04 Å². The fraction of sp³-hybridized carbons (Fsp3) is 0.538. The Hall–Kier alpha value is -1.58. The molecule has 1 aromatic heterocycles. The molecule has 0 aliphatic heterocycles. The van der Waals surface area contributed by atoms with Crippen LogP contribution in [0.25, 0.3) is 0 Å². The number of carbonyl (C=O) groups excluding carboxylic acids is 1. The van der Waals surface area contributed by atoms with Crippen molar-refractivity contribution in [3.63, 3.8) is 0 Å². The van der Waals surface area contributed by atoms with Crippen molar-refractivity contribution in [2.75, 3.05) is 0 Å². The molecule has 0 bridgehead atoms. The van der Waals surface area contributed by atoms with Gasteiger partial charge in [-0.05, 0) is 30.9 Å². The Morgan fingerprint density at radius 1 is 1.47 bits per heavy atom. The zero-order valence-electron chi connectivity index (χ0n) is 10.5. The van der Waals surface area contributed by atoms with Gasteiger partial charge in [0.15, 0.2) is 6.29 Å². The highest BCUT2D eigenvalue weighted by Gasteiger charge is 2.24. The minimum atomic E-state index is -0.882. The number of aliphatic carboxylic acids is 1. The van der Waals surface area contributed by atoms with E-state index in [0.717, 1.165) is 18.4 Å². The van der Waals surface area contributed by atoms with Gasteiger partial charge in [0.2, 0.25) is 0 Å². The second-order valence-corrected chi connectivity index (χ2v) is 4.57. The molecule has 1 heterocycles. The Morgan fingerprint density at radius 2 is 2.12 bits per heavy atom. The van der Waals surface area contributed by atoms with Crippen LogP contribution in [0, 0.1) is 5.92 Å². The monoisotopic (exact) mass is 237 g/mol. The van der Waals surface area contributed by atoms with Crippen LogP contribution in [0.5, 0.6) is 0 Å². The first-order valence-electron chi connectivity index (χ1n) is 5.89. The molecule has 1 unspecified atom stereocenters. The quantitative estimate of drug-likeness (QED) is 0.773. The Bertz CT molecular complexity index is 407. The molecule has 0 aliphatic carbocycles. The van der Waals surface area contributed by atoms with Crippen LogP contribution < -0.4 is 0 Å². The van der Waals surface area contributed by atoms with Crippen molar-refractivity contribution in [2.45, 2.75) is 39.7 Å². The van der Waals surface area contributed by atoms with Gasteiger partial charge in [-0.25, -0.2) is 4.79 Å². The number of carbonyl (C=O) groups is 2. The summed E-state index contributed by atoms with van der Waals surface area (Å²) in [6.07, 6.45) is 1.96. The molecular weight excluding hydrogens is 218 g/mol. The largest absolute Gasteiger partial charge is 0.480 e. The Kier molecular flexibility index (Phi) is 4.49. The predicted molar refractivity (Wildman–Crippen MR) is 65.3 cm³/mol. The van der Waals surface area contributed by atoms with Crippen LogP contribution in [0.3, 0.4) is 0 Å². The summed E-state index contributed by atoms with van der Waals surface area (Å²) in [7, 11) is 0. The van der Waals surface area contributed by atoms with Crippen LogP contribution >= 0.6 is 0 Å². The van der Waals surface area contributed by atoms with E-state index < -0.39 is 12.0 Å². The molecule has 0 fully saturated rings. The van der Waals surface area contributed by atoms with Gasteiger partial charge in [0.25, 0.3) is 0 Å². The van der Waals surface area contributed by atoms with E-state index in [9.17, 15) is 14.7 Å². The number of nitrogens with zero attached hydrogens (tertiary/aromatic N) is 1. The van der Waals surface area contributed by atoms with Crippen molar-refractivity contribution in [1.82, 2.24) is 4.57 Å². The van der Waals surface area contributed by atoms with Crippen molar-refractivity contribution in [3.05, 3.63) is 23.5 Å². The van der Waals surface area contributed by atoms with Crippen LogP contribution in [-0.4, -0.2) is 21.9 Å². The van der Waals surface area contributed by atoms with Crippen LogP contribution in [0.15, 0.2) is 12.1 Å². The average Bonchev–Trinajstić information content (AvgIpc) is 2.67. The summed E-state index contributed by atoms with van der Waals surface area (Å²) >= 11 is 0. The predicted octanol–water partition coefficient (Wildman–Crippen LogP) is 2.53. The first-order valence-corrected chi connectivity index (χ1v) is 5.89. The van der Waals surface area contributed by atoms with E-state index in [-0.39, 0.29) is 5.92 Å². The third-order valence-electron chi connectivity index (χ3n) is 2.81. The van der Waals surface area contributed by atoms with Crippen molar-refractivity contribution in [2.24, 2.45) is 5.92 Å². The molecule has 0 radical (unpaired) electrons. The minimum absolute atomic E-state index is 0.266. The number of carboxylic acid groups (broad SMARTS) is 1. The second-order valence-electron chi connectivity index (χ2n) is 4.57. The SMILES string of the molecule is CCc1ccc(C=O)n1C(CC(C)C)C(=O)O. The molecule has 0 amide bonds. The topological polar surface area (TPSA) is 59.3 Å². The van der Waals surface area contributed by atoms with E-state index in [2.05, 4.69) is 0 Å². The van der Waals surface area contributed by atoms with E-state index in [0.29, 0.717) is 12.1 Å². The van der Waals surface area contributed by atoms with Crippen molar-refractivity contribution < 1.29 is 14.7 Å². The molecule has 0 spiro atoms. The molecule has 0 saturated carbocycles. The lowest BCUT2D eigenvalue weighted by Crippen LogP contribution is -2.24. The van der Waals surface area contributed by atoms with E-state index in [1.807, 2.05) is 26.8 Å². The van der Waals surface area contributed by atoms with Gasteiger partial charge >= 0.3 is 5.97 Å². The molecule has 0 saturated heterocycles. The molecule has 0 aromatic carbocycles. The molecule has 1 atom stereocenters. The van der Waals surface area contributed by atoms with E-state index in [1.54, 1.807) is 10.6 Å². The van der Waals surface area contributed by atoms with Crippen molar-refractivity contribution in [3.8, 4) is 0 Å². The van der Waals surface area contributed by atoms with Crippen molar-refractivity contribution in [1.29, 1.82) is 0 Å². The number of aryl methyl sites for hydroxylation is 1. The maximum atomic E-state index is 11.3. The van der Waals surface area contributed by atoms with Gasteiger partial charge in [-0.1, -0.05) is 20.8 Å². The summed E-state index contributed by atoms with van der Waals surface area (Å²) in [5.41, 5.74) is 1.33. The number of rotatable bonds is 6. The van der Waals surface area contributed by atoms with E-state index in [1.165, 1.54) is 0 Å². The highest BCUT2D eigenvalue weighted by atomic mass is 16.4. The Balaban J connectivity index is 3.20. The summed E-state index contributed by atoms with van der Waals surface area (Å²) in [5.74, 6) is -0.615. The first kappa shape index (κ1) is 13.5. The van der Waals surface area contributed by atoms with Crippen LogP contribution in [-0.2, 0) is 11.2 Å². The molecule has 1 rings (SSSR count). The van der Waals surface area contributed by atoms with Gasteiger partial charge in [-0.3, -0.25) is 4.79 Å². The molecule has 4 heteroatoms. The molecule has 1 aromatic rings. The second kappa shape index (κ2) is 5.66. The first-order chi connectivity index (χ1) is 8.01. The van der Waals surface area contributed by atoms with Gasteiger partial charge in [-0.15, -0.1) is 0 Å². The van der Waals surface area contributed by atoms with Gasteiger partial charge in [-0.2, -0.15) is 0 Å². The highest BCUT2D eigenvalue weighted by Crippen LogP contribution is 2.23. The summed E-state index contributed by atoms with van der Waals surface area (Å²) in [4.78, 5) is 22.3. The smallest absolute Gasteiger partial charge is 0.326 e. The number of aromatic nitrogens is 1. The number of aldehydes is 1. The molecule has 1 N–H and O–H groups in total. The van der Waals surface area contributed by atoms with Crippen molar-refractivity contribution >= 4 is 12.3 Å². The minimum Gasteiger partial charge on any atom is -0.480 e. The summed E-state index contributed by atoms with van der Waals surface area (Å²) < 4.78 is 1.65. The molecule has 0 aliphatic rings. The zero-order valence-corrected chi connectivity index (χ0v) is 10.5. The zero-order chi connectivity index (χ0) is 13.0. The molecular formula is C13H19NO3. The number of hydrogen-bond donors (Lipinski definition) is 1. The van der Waals surface area contributed by atoms with Gasteiger partial charge in [0.05, 0.1) is 5.69 Å². The summed E-state index contributed by atoms with van der Waals surface area (Å²) in [6.45, 7) is 5.91. The van der Waals surface area contributed by atoms with Crippen LogP contribution in [0.4, 0.5) is 0 Å². The average molecular weight is 237 g/mol. The normalized spacial score (nSPS) is 12.7. The molecule has 94 valence electrons. The highest BCUT2D eigenvalue weighted by molar-refractivity contribution is 5.77. The third kappa shape index (κ3) is 2.96. The summed E-state index contributed by atoms with van der Waals surface area (Å²) in [6, 6.07) is 2.85. The third-order valence-corrected chi connectivity index (χ3v) is 2.81. The molecule has 17 heavy (non-hydrogen) atoms. The Labute approximate surface area is 101 Å². The van der Waals surface area contributed by atoms with Crippen LogP contribution in [0.1, 0.15) is 49.4 Å². The number of carboxylic acids is 1. The lowest BCUT2D eigenvalue weighted by atomic mass is 10.0. The molecule has 4 nitrogen and oxygen atoms in total. The fourth-order valence-electron chi connectivity index (χ4n) is 2.04. The summed E-state index contributed by atoms with van der Waals surface area (Å²) in [5, 5.41) is 9.30. The lowest BCUT2D eigenvalue weighted by Gasteiger charge is -2.20. The fourth-order valence-corrected chi connectivity index (χ4v) is 2.04. The maximum Gasteiger partial charge on any atom is 0.326 e. The lowest BCUT2D eigenvalue weighted by molar-refractivity contribution is -0.141. The van der Waals surface area contributed by atoms with E-state index >= 15 is 0 Å². The standard InChI is InChI=1S/C13H19NO3/c1-4-10-5-6-11(8-15)14(10)12(13(16)17)7-9(2)3/h5-6,8-9,12H,4,7H2,1-3H3,(H,16,17). The Morgan fingerprint density at radius 3 is 2.53 bits per heavy atom. The van der Waals surface area contributed by atoms with E-state index in [4.69, 9.17) is 0 Å². The van der Waals surface area contributed by atoms with Gasteiger partial charge < -0.3 is 9.67 Å². The van der Waals surface area contributed by atoms with Crippen LogP contribution in [0.2, 0.25) is 0 Å². The number of hydrogen-bond acceptors (Lipinski definition) is 2. The van der Waals surface area contributed by atoms with Gasteiger partial charge in [0, 0.05) is 5.69 Å².